The average Bonchev–Trinajstić information content (AvgIpc) is 3.11. The maximum Gasteiger partial charge on any atom is 0.282 e. The van der Waals surface area contributed by atoms with Crippen molar-refractivity contribution in [3.05, 3.63) is 53.0 Å². The maximum absolute atomic E-state index is 13.0. The Labute approximate surface area is 192 Å². The highest BCUT2D eigenvalue weighted by Crippen LogP contribution is 2.30. The fourth-order valence-electron chi connectivity index (χ4n) is 3.40. The fourth-order valence-corrected chi connectivity index (χ4v) is 4.80. The van der Waals surface area contributed by atoms with Crippen molar-refractivity contribution in [2.75, 3.05) is 25.4 Å². The summed E-state index contributed by atoms with van der Waals surface area (Å²) >= 11 is 1.35. The number of benzene rings is 2. The minimum absolute atomic E-state index is 0.0195. The Balaban J connectivity index is 1.42. The lowest BCUT2D eigenvalue weighted by Crippen LogP contribution is -2.58. The van der Waals surface area contributed by atoms with Gasteiger partial charge in [0.15, 0.2) is 0 Å². The van der Waals surface area contributed by atoms with E-state index in [1.807, 2.05) is 18.2 Å². The maximum atomic E-state index is 13.0. The number of hydrogen-bond acceptors (Lipinski definition) is 6. The van der Waals surface area contributed by atoms with Gasteiger partial charge in [0.05, 0.1) is 35.5 Å². The van der Waals surface area contributed by atoms with Gasteiger partial charge in [-0.2, -0.15) is 0 Å². The highest BCUT2D eigenvalue weighted by molar-refractivity contribution is 7.89. The molecule has 3 aromatic rings. The quantitative estimate of drug-likeness (QED) is 0.520. The third-order valence-electron chi connectivity index (χ3n) is 5.05. The number of carbonyl (C=O) groups is 2. The number of fused-ring (bicyclic) bond motifs is 1. The van der Waals surface area contributed by atoms with E-state index in [4.69, 9.17) is 5.14 Å². The van der Waals surface area contributed by atoms with Crippen molar-refractivity contribution >= 4 is 43.4 Å². The Hall–Kier alpha value is -2.96. The molecular weight excluding hydrogens is 474 g/mol. The molecule has 0 spiro atoms. The molecule has 33 heavy (non-hydrogen) atoms. The largest absolute Gasteiger partial charge is 0.355 e. The third-order valence-corrected chi connectivity index (χ3v) is 6.84. The van der Waals surface area contributed by atoms with Gasteiger partial charge in [-0.25, -0.2) is 27.3 Å². The van der Waals surface area contributed by atoms with Crippen LogP contribution in [0.15, 0.2) is 42.5 Å². The zero-order valence-corrected chi connectivity index (χ0v) is 18.9. The van der Waals surface area contributed by atoms with Crippen LogP contribution in [0.25, 0.3) is 21.3 Å². The predicted molar refractivity (Wildman–Crippen MR) is 121 cm³/mol. The molecular formula is C21H20F2N4O4S2. The number of nitrogens with zero attached hydrogens (tertiary/aromatic N) is 2. The molecule has 12 heteroatoms. The van der Waals surface area contributed by atoms with Gasteiger partial charge in [-0.1, -0.05) is 18.2 Å². The number of thiazole rings is 1. The number of halogens is 2. The molecule has 8 nitrogen and oxygen atoms in total. The first-order valence-electron chi connectivity index (χ1n) is 9.93. The monoisotopic (exact) mass is 494 g/mol. The molecule has 0 atom stereocenters. The van der Waals surface area contributed by atoms with Gasteiger partial charge in [0.1, 0.15) is 5.01 Å². The van der Waals surface area contributed by atoms with Gasteiger partial charge in [-0.15, -0.1) is 11.3 Å². The summed E-state index contributed by atoms with van der Waals surface area (Å²) in [7, 11) is -3.64. The second kappa shape index (κ2) is 8.76. The van der Waals surface area contributed by atoms with E-state index in [1.165, 1.54) is 11.3 Å². The summed E-state index contributed by atoms with van der Waals surface area (Å²) < 4.78 is 48.7. The highest BCUT2D eigenvalue weighted by atomic mass is 32.2. The van der Waals surface area contributed by atoms with Gasteiger partial charge in [-0.05, 0) is 35.4 Å². The van der Waals surface area contributed by atoms with E-state index >= 15 is 0 Å². The van der Waals surface area contributed by atoms with Gasteiger partial charge in [-0.3, -0.25) is 9.59 Å². The van der Waals surface area contributed by atoms with E-state index in [9.17, 15) is 26.8 Å². The molecule has 2 amide bonds. The number of nitrogens with two attached hydrogens (primary N) is 1. The number of carbonyl (C=O) groups excluding carboxylic acids is 2. The normalized spacial score (nSPS) is 15.3. The number of aromatic nitrogens is 1. The number of likely N-dealkylation sites (tertiary alicyclic amines) is 1. The van der Waals surface area contributed by atoms with Crippen LogP contribution >= 0.6 is 11.3 Å². The molecule has 2 aromatic carbocycles. The standard InChI is InChI=1S/C21H20F2N4O4S2/c22-21(23)11-27(12-21)20(29)14-3-1-13(2-4-14)15-5-6-16-17(9-15)32-19(26-16)10-18(28)25-7-8-33(24,30)31/h1-6,9H,7-8,10-12H2,(H,25,28)(H2,24,30,31). The second-order valence-electron chi connectivity index (χ2n) is 7.78. The predicted octanol–water partition coefficient (Wildman–Crippen LogP) is 2.00. The highest BCUT2D eigenvalue weighted by Gasteiger charge is 2.46. The van der Waals surface area contributed by atoms with Crippen molar-refractivity contribution in [2.24, 2.45) is 5.14 Å². The molecule has 0 bridgehead atoms. The molecule has 1 saturated heterocycles. The number of primary sulfonamides is 1. The summed E-state index contributed by atoms with van der Waals surface area (Å²) in [5.41, 5.74) is 2.80. The van der Waals surface area contributed by atoms with Gasteiger partial charge < -0.3 is 10.2 Å². The molecule has 2 heterocycles. The summed E-state index contributed by atoms with van der Waals surface area (Å²) in [5, 5.41) is 7.99. The van der Waals surface area contributed by atoms with Crippen molar-refractivity contribution in [3.63, 3.8) is 0 Å². The Morgan fingerprint density at radius 2 is 1.79 bits per heavy atom. The van der Waals surface area contributed by atoms with Crippen LogP contribution in [-0.4, -0.2) is 61.4 Å². The topological polar surface area (TPSA) is 122 Å². The first-order valence-corrected chi connectivity index (χ1v) is 12.5. The van der Waals surface area contributed by atoms with E-state index in [0.29, 0.717) is 10.6 Å². The molecule has 1 aromatic heterocycles. The number of sulfonamides is 1. The third kappa shape index (κ3) is 5.70. The lowest BCUT2D eigenvalue weighted by atomic mass is 10.0. The van der Waals surface area contributed by atoms with Crippen molar-refractivity contribution in [3.8, 4) is 11.1 Å². The van der Waals surface area contributed by atoms with Crippen molar-refractivity contribution < 1.29 is 26.8 Å². The van der Waals surface area contributed by atoms with Crippen LogP contribution in [0.5, 0.6) is 0 Å². The molecule has 4 rings (SSSR count). The molecule has 3 N–H and O–H groups in total. The van der Waals surface area contributed by atoms with Gasteiger partial charge >= 0.3 is 0 Å². The lowest BCUT2D eigenvalue weighted by Gasteiger charge is -2.38. The van der Waals surface area contributed by atoms with Crippen LogP contribution in [0, 0.1) is 0 Å². The lowest BCUT2D eigenvalue weighted by molar-refractivity contribution is -0.120. The number of amides is 2. The first-order chi connectivity index (χ1) is 15.5. The smallest absolute Gasteiger partial charge is 0.282 e. The van der Waals surface area contributed by atoms with Crippen LogP contribution in [0.4, 0.5) is 8.78 Å². The van der Waals surface area contributed by atoms with Gasteiger partial charge in [0.2, 0.25) is 15.9 Å². The van der Waals surface area contributed by atoms with Gasteiger partial charge in [0, 0.05) is 12.1 Å². The van der Waals surface area contributed by atoms with E-state index in [2.05, 4.69) is 10.3 Å². The minimum Gasteiger partial charge on any atom is -0.355 e. The summed E-state index contributed by atoms with van der Waals surface area (Å²) in [6.07, 6.45) is 0.0195. The van der Waals surface area contributed by atoms with Crippen LogP contribution in [0.1, 0.15) is 15.4 Å². The summed E-state index contributed by atoms with van der Waals surface area (Å²) in [6, 6.07) is 12.4. The second-order valence-corrected chi connectivity index (χ2v) is 10.6. The Bertz CT molecular complexity index is 1320. The van der Waals surface area contributed by atoms with Gasteiger partial charge in [0.25, 0.3) is 11.8 Å². The molecule has 0 unspecified atom stereocenters. The number of hydrogen-bond donors (Lipinski definition) is 2. The Kier molecular flexibility index (Phi) is 6.16. The molecule has 0 radical (unpaired) electrons. The fraction of sp³-hybridized carbons (Fsp3) is 0.286. The van der Waals surface area contributed by atoms with E-state index < -0.39 is 34.9 Å². The first kappa shape index (κ1) is 23.2. The molecule has 1 aliphatic rings. The SMILES string of the molecule is NS(=O)(=O)CCNC(=O)Cc1nc2ccc(-c3ccc(C(=O)N4CC(F)(F)C4)cc3)cc2s1. The molecule has 0 saturated carbocycles. The van der Waals surface area contributed by atoms with Crippen LogP contribution in [0.2, 0.25) is 0 Å². The molecule has 1 aliphatic heterocycles. The van der Waals surface area contributed by atoms with Crippen molar-refractivity contribution in [1.29, 1.82) is 0 Å². The Morgan fingerprint density at radius 1 is 1.12 bits per heavy atom. The number of nitrogens with one attached hydrogen (secondary N) is 1. The minimum atomic E-state index is -3.64. The Morgan fingerprint density at radius 3 is 2.42 bits per heavy atom. The molecule has 0 aliphatic carbocycles. The average molecular weight is 495 g/mol. The summed E-state index contributed by atoms with van der Waals surface area (Å²) in [4.78, 5) is 29.8. The van der Waals surface area contributed by atoms with E-state index in [0.717, 1.165) is 26.2 Å². The molecule has 1 fully saturated rings. The zero-order chi connectivity index (χ0) is 23.8. The van der Waals surface area contributed by atoms with Crippen molar-refractivity contribution in [2.45, 2.75) is 12.3 Å². The van der Waals surface area contributed by atoms with Crippen LogP contribution < -0.4 is 10.5 Å². The number of alkyl halides is 2. The van der Waals surface area contributed by atoms with Crippen LogP contribution in [0.3, 0.4) is 0 Å². The summed E-state index contributed by atoms with van der Waals surface area (Å²) in [6.45, 7) is -1.17. The summed E-state index contributed by atoms with van der Waals surface area (Å²) in [5.74, 6) is -3.91. The van der Waals surface area contributed by atoms with Crippen LogP contribution in [-0.2, 0) is 21.2 Å². The van der Waals surface area contributed by atoms with Crippen molar-refractivity contribution in [1.82, 2.24) is 15.2 Å². The molecule has 174 valence electrons. The van der Waals surface area contributed by atoms with E-state index in [1.54, 1.807) is 24.3 Å². The zero-order valence-electron chi connectivity index (χ0n) is 17.3. The van der Waals surface area contributed by atoms with E-state index in [-0.39, 0.29) is 24.6 Å². The number of rotatable bonds is 7.